The van der Waals surface area contributed by atoms with Crippen LogP contribution in [0.3, 0.4) is 0 Å². The molecule has 0 unspecified atom stereocenters. The molecule has 3 N–H and O–H groups in total. The molecule has 114 valence electrons. The molecule has 0 saturated carbocycles. The summed E-state index contributed by atoms with van der Waals surface area (Å²) in [5.41, 5.74) is 10.4. The maximum atomic E-state index is 14.2. The van der Waals surface area contributed by atoms with Crippen LogP contribution in [0.4, 0.5) is 10.1 Å². The summed E-state index contributed by atoms with van der Waals surface area (Å²) in [6.45, 7) is 8.19. The van der Waals surface area contributed by atoms with Crippen LogP contribution in [0.25, 0.3) is 22.2 Å². The van der Waals surface area contributed by atoms with Gasteiger partial charge in [-0.3, -0.25) is 5.10 Å². The lowest BCUT2D eigenvalue weighted by Crippen LogP contribution is -2.13. The van der Waals surface area contributed by atoms with E-state index in [4.69, 9.17) is 5.73 Å². The third kappa shape index (κ3) is 2.32. The van der Waals surface area contributed by atoms with Gasteiger partial charge in [-0.2, -0.15) is 9.49 Å². The number of nitrogens with zero attached hydrogens (tertiary/aromatic N) is 2. The van der Waals surface area contributed by atoms with E-state index in [9.17, 15) is 4.39 Å². The Labute approximate surface area is 128 Å². The predicted octanol–water partition coefficient (Wildman–Crippen LogP) is 3.95. The van der Waals surface area contributed by atoms with Gasteiger partial charge in [0.25, 0.3) is 0 Å². The number of nitrogen functional groups attached to an aromatic ring is 1. The lowest BCUT2D eigenvalue weighted by Gasteiger charge is -2.19. The second-order valence-corrected chi connectivity index (χ2v) is 6.62. The van der Waals surface area contributed by atoms with Crippen molar-refractivity contribution in [1.29, 1.82) is 0 Å². The van der Waals surface area contributed by atoms with Crippen LogP contribution in [0.15, 0.2) is 24.3 Å². The van der Waals surface area contributed by atoms with Crippen LogP contribution in [0, 0.1) is 12.9 Å². The summed E-state index contributed by atoms with van der Waals surface area (Å²) in [5.74, 6) is -0.472. The second kappa shape index (κ2) is 4.80. The van der Waals surface area contributed by atoms with Gasteiger partial charge in [-0.1, -0.05) is 26.8 Å². The number of hydrogen-bond donors (Lipinski definition) is 2. The number of nitrogens with two attached hydrogens (primary N) is 1. The molecule has 4 nitrogen and oxygen atoms in total. The average Bonchev–Trinajstić information content (AvgIpc) is 2.81. The molecule has 5 heteroatoms. The summed E-state index contributed by atoms with van der Waals surface area (Å²) in [6.07, 6.45) is 0. The number of nitrogens with one attached hydrogen (secondary N) is 1. The Morgan fingerprint density at radius 3 is 2.55 bits per heavy atom. The normalized spacial score (nSPS) is 12.0. The fourth-order valence-electron chi connectivity index (χ4n) is 2.51. The lowest BCUT2D eigenvalue weighted by atomic mass is 9.88. The first-order chi connectivity index (χ1) is 10.3. The van der Waals surface area contributed by atoms with E-state index < -0.39 is 5.95 Å². The van der Waals surface area contributed by atoms with Gasteiger partial charge in [0.2, 0.25) is 5.95 Å². The molecule has 0 aliphatic carbocycles. The van der Waals surface area contributed by atoms with Crippen molar-refractivity contribution in [3.05, 3.63) is 41.5 Å². The molecule has 0 spiro atoms. The minimum atomic E-state index is -0.472. The fraction of sp³-hybridized carbons (Fsp3) is 0.294. The van der Waals surface area contributed by atoms with Crippen molar-refractivity contribution in [3.63, 3.8) is 0 Å². The molecule has 0 aliphatic rings. The summed E-state index contributed by atoms with van der Waals surface area (Å²) in [7, 11) is 0. The van der Waals surface area contributed by atoms with Crippen LogP contribution < -0.4 is 5.73 Å². The number of pyridine rings is 1. The molecular weight excluding hydrogens is 279 g/mol. The number of hydrogen-bond acceptors (Lipinski definition) is 3. The van der Waals surface area contributed by atoms with E-state index in [1.165, 1.54) is 0 Å². The number of fused-ring (bicyclic) bond motifs is 1. The molecule has 0 atom stereocenters. The molecule has 0 saturated heterocycles. The van der Waals surface area contributed by atoms with Crippen LogP contribution in [-0.4, -0.2) is 15.2 Å². The number of aromatic amines is 1. The zero-order valence-corrected chi connectivity index (χ0v) is 13.2. The summed E-state index contributed by atoms with van der Waals surface area (Å²) in [4.78, 5) is 4.49. The smallest absolute Gasteiger partial charge is 0.219 e. The summed E-state index contributed by atoms with van der Waals surface area (Å²) < 4.78 is 14.2. The molecule has 0 radical (unpaired) electrons. The van der Waals surface area contributed by atoms with Gasteiger partial charge in [0.05, 0.1) is 5.39 Å². The van der Waals surface area contributed by atoms with Gasteiger partial charge in [-0.25, -0.2) is 4.98 Å². The molecule has 3 aromatic rings. The molecule has 0 bridgehead atoms. The van der Waals surface area contributed by atoms with E-state index >= 15 is 0 Å². The number of aromatic nitrogens is 3. The van der Waals surface area contributed by atoms with Crippen LogP contribution in [0.1, 0.15) is 32.0 Å². The quantitative estimate of drug-likeness (QED) is 0.668. The third-order valence-corrected chi connectivity index (χ3v) is 3.80. The van der Waals surface area contributed by atoms with E-state index in [0.717, 1.165) is 22.4 Å². The Bertz CT molecular complexity index is 859. The van der Waals surface area contributed by atoms with E-state index in [2.05, 4.69) is 36.0 Å². The summed E-state index contributed by atoms with van der Waals surface area (Å²) in [5, 5.41) is 6.78. The Balaban J connectivity index is 2.40. The van der Waals surface area contributed by atoms with E-state index in [1.54, 1.807) is 0 Å². The maximum absolute atomic E-state index is 14.2. The van der Waals surface area contributed by atoms with Gasteiger partial charge in [-0.05, 0) is 41.8 Å². The topological polar surface area (TPSA) is 67.6 Å². The fourth-order valence-corrected chi connectivity index (χ4v) is 2.51. The van der Waals surface area contributed by atoms with Gasteiger partial charge in [-0.15, -0.1) is 0 Å². The number of halogens is 1. The molecule has 0 aliphatic heterocycles. The standard InChI is InChI=1S/C17H19FN4/c1-9-5-6-10(19)7-11(9)12-8-13(17(2,3)4)20-16-14(12)15(18)21-22-16/h5-8H,19H2,1-4H3,(H,20,21,22). The second-order valence-electron chi connectivity index (χ2n) is 6.62. The van der Waals surface area contributed by atoms with Gasteiger partial charge in [0.15, 0.2) is 5.65 Å². The predicted molar refractivity (Wildman–Crippen MR) is 87.1 cm³/mol. The largest absolute Gasteiger partial charge is 0.399 e. The highest BCUT2D eigenvalue weighted by Crippen LogP contribution is 2.35. The highest BCUT2D eigenvalue weighted by Gasteiger charge is 2.22. The highest BCUT2D eigenvalue weighted by molar-refractivity contribution is 5.94. The van der Waals surface area contributed by atoms with Crippen LogP contribution in [0.2, 0.25) is 0 Å². The van der Waals surface area contributed by atoms with Crippen molar-refractivity contribution in [2.45, 2.75) is 33.1 Å². The number of benzene rings is 1. The van der Waals surface area contributed by atoms with Gasteiger partial charge >= 0.3 is 0 Å². The Morgan fingerprint density at radius 1 is 1.14 bits per heavy atom. The molecule has 3 rings (SSSR count). The molecular formula is C17H19FN4. The zero-order valence-electron chi connectivity index (χ0n) is 13.2. The Hall–Kier alpha value is -2.43. The highest BCUT2D eigenvalue weighted by atomic mass is 19.1. The lowest BCUT2D eigenvalue weighted by molar-refractivity contribution is 0.571. The van der Waals surface area contributed by atoms with E-state index in [1.807, 2.05) is 31.2 Å². The SMILES string of the molecule is Cc1ccc(N)cc1-c1cc(C(C)(C)C)nc2n[nH]c(F)c12. The number of aryl methyl sites for hydroxylation is 1. The Kier molecular flexibility index (Phi) is 3.16. The number of anilines is 1. The molecule has 1 aromatic carbocycles. The van der Waals surface area contributed by atoms with Crippen molar-refractivity contribution in [1.82, 2.24) is 15.2 Å². The molecule has 0 amide bonds. The third-order valence-electron chi connectivity index (χ3n) is 3.80. The van der Waals surface area contributed by atoms with Crippen LogP contribution >= 0.6 is 0 Å². The van der Waals surface area contributed by atoms with Crippen molar-refractivity contribution < 1.29 is 4.39 Å². The first-order valence-electron chi connectivity index (χ1n) is 7.19. The summed E-state index contributed by atoms with van der Waals surface area (Å²) >= 11 is 0. The molecule has 2 aromatic heterocycles. The van der Waals surface area contributed by atoms with Crippen LogP contribution in [0.5, 0.6) is 0 Å². The minimum Gasteiger partial charge on any atom is -0.399 e. The van der Waals surface area contributed by atoms with E-state index in [0.29, 0.717) is 16.7 Å². The van der Waals surface area contributed by atoms with Crippen molar-refractivity contribution in [3.8, 4) is 11.1 Å². The van der Waals surface area contributed by atoms with Gasteiger partial charge < -0.3 is 5.73 Å². The van der Waals surface area contributed by atoms with Gasteiger partial charge in [0, 0.05) is 16.8 Å². The van der Waals surface area contributed by atoms with Gasteiger partial charge in [0.1, 0.15) is 0 Å². The first kappa shape index (κ1) is 14.5. The molecule has 2 heterocycles. The monoisotopic (exact) mass is 298 g/mol. The first-order valence-corrected chi connectivity index (χ1v) is 7.19. The minimum absolute atomic E-state index is 0.160. The zero-order chi connectivity index (χ0) is 16.1. The van der Waals surface area contributed by atoms with Crippen molar-refractivity contribution in [2.75, 3.05) is 5.73 Å². The number of rotatable bonds is 1. The molecule has 22 heavy (non-hydrogen) atoms. The number of H-pyrrole nitrogens is 1. The summed E-state index contributed by atoms with van der Waals surface area (Å²) in [6, 6.07) is 7.57. The maximum Gasteiger partial charge on any atom is 0.219 e. The van der Waals surface area contributed by atoms with E-state index in [-0.39, 0.29) is 5.41 Å². The Morgan fingerprint density at radius 2 is 1.86 bits per heavy atom. The average molecular weight is 298 g/mol. The van der Waals surface area contributed by atoms with Crippen LogP contribution in [-0.2, 0) is 5.41 Å². The van der Waals surface area contributed by atoms with Crippen molar-refractivity contribution >= 4 is 16.7 Å². The van der Waals surface area contributed by atoms with Crippen molar-refractivity contribution in [2.24, 2.45) is 0 Å². The molecule has 0 fully saturated rings.